The fourth-order valence-corrected chi connectivity index (χ4v) is 3.83. The number of rotatable bonds is 18. The molecule has 0 bridgehead atoms. The summed E-state index contributed by atoms with van der Waals surface area (Å²) in [5.74, 6) is 4.21. The monoisotopic (exact) mass is 538 g/mol. The zero-order valence-corrected chi connectivity index (χ0v) is 26.4. The largest absolute Gasteiger partial charge is 0.477 e. The van der Waals surface area contributed by atoms with E-state index in [0.29, 0.717) is 11.8 Å². The highest BCUT2D eigenvalue weighted by molar-refractivity contribution is 5.18. The Bertz CT molecular complexity index is 890. The van der Waals surface area contributed by atoms with Crippen LogP contribution in [-0.2, 0) is 12.8 Å². The molecule has 2 heterocycles. The van der Waals surface area contributed by atoms with Crippen molar-refractivity contribution in [1.82, 2.24) is 9.97 Å². The highest BCUT2D eigenvalue weighted by Gasteiger charge is 2.02. The molecule has 0 unspecified atom stereocenters. The van der Waals surface area contributed by atoms with E-state index in [4.69, 9.17) is 9.47 Å². The van der Waals surface area contributed by atoms with Crippen molar-refractivity contribution in [2.45, 2.75) is 113 Å². The van der Waals surface area contributed by atoms with Crippen LogP contribution in [0.3, 0.4) is 0 Å². The summed E-state index contributed by atoms with van der Waals surface area (Å²) in [5.41, 5.74) is 2.23. The highest BCUT2D eigenvalue weighted by atomic mass is 16.5. The molecule has 0 amide bonds. The number of nitrogens with zero attached hydrogens (tertiary/aromatic N) is 2. The van der Waals surface area contributed by atoms with E-state index >= 15 is 0 Å². The van der Waals surface area contributed by atoms with E-state index in [1.54, 1.807) is 0 Å². The molecule has 4 heteroatoms. The van der Waals surface area contributed by atoms with Gasteiger partial charge in [0.15, 0.2) is 0 Å². The molecule has 39 heavy (non-hydrogen) atoms. The van der Waals surface area contributed by atoms with E-state index in [9.17, 15) is 0 Å². The molecular formula is C35H58N2O2. The Morgan fingerprint density at radius 1 is 0.590 bits per heavy atom. The van der Waals surface area contributed by atoms with E-state index in [0.717, 1.165) is 61.0 Å². The average molecular weight is 539 g/mol. The molecule has 0 N–H and O–H groups in total. The Hall–Kier alpha value is -2.36. The lowest BCUT2D eigenvalue weighted by Crippen LogP contribution is -2.06. The van der Waals surface area contributed by atoms with Gasteiger partial charge in [-0.05, 0) is 61.5 Å². The van der Waals surface area contributed by atoms with Gasteiger partial charge >= 0.3 is 0 Å². The van der Waals surface area contributed by atoms with Crippen LogP contribution in [-0.4, -0.2) is 23.2 Å². The number of ether oxygens (including phenoxy) is 2. The fraction of sp³-hybridized carbons (Fsp3) is 0.657. The molecule has 220 valence electrons. The fourth-order valence-electron chi connectivity index (χ4n) is 3.83. The Morgan fingerprint density at radius 2 is 1.13 bits per heavy atom. The van der Waals surface area contributed by atoms with Crippen LogP contribution in [0.5, 0.6) is 11.8 Å². The predicted octanol–water partition coefficient (Wildman–Crippen LogP) is 9.92. The molecule has 0 saturated carbocycles. The van der Waals surface area contributed by atoms with Crippen molar-refractivity contribution < 1.29 is 9.47 Å². The maximum absolute atomic E-state index is 5.66. The van der Waals surface area contributed by atoms with Gasteiger partial charge < -0.3 is 9.47 Å². The molecule has 0 atom stereocenters. The van der Waals surface area contributed by atoms with Gasteiger partial charge in [-0.2, -0.15) is 0 Å². The van der Waals surface area contributed by atoms with Crippen LogP contribution in [0.25, 0.3) is 0 Å². The smallest absolute Gasteiger partial charge is 0.213 e. The Morgan fingerprint density at radius 3 is 1.69 bits per heavy atom. The van der Waals surface area contributed by atoms with Crippen molar-refractivity contribution in [2.24, 2.45) is 23.7 Å². The maximum atomic E-state index is 5.66. The number of aromatic nitrogens is 2. The van der Waals surface area contributed by atoms with Crippen molar-refractivity contribution in [3.05, 3.63) is 59.9 Å². The third-order valence-corrected chi connectivity index (χ3v) is 6.05. The van der Waals surface area contributed by atoms with Crippen LogP contribution in [0.4, 0.5) is 0 Å². The van der Waals surface area contributed by atoms with E-state index < -0.39 is 0 Å². The quantitative estimate of drug-likeness (QED) is 0.140. The molecule has 0 aliphatic heterocycles. The van der Waals surface area contributed by atoms with Gasteiger partial charge in [-0.1, -0.05) is 105 Å². The average Bonchev–Trinajstić information content (AvgIpc) is 2.88. The van der Waals surface area contributed by atoms with Crippen molar-refractivity contribution >= 4 is 0 Å². The van der Waals surface area contributed by atoms with Crippen molar-refractivity contribution in [3.8, 4) is 11.8 Å². The van der Waals surface area contributed by atoms with E-state index in [1.165, 1.54) is 44.9 Å². The number of unbranched alkanes of at least 4 members (excludes halogenated alkanes) is 3. The standard InChI is InChI=1S/C18H29NO.C17H29NO/c1-15(2)10-7-5-6-8-11-17-12-9-13-18(19-17)20-14-16(3)4;1-14(2)9-6-5-7-10-16-11-8-12-17(18-16)19-13-15(3)4/h6,8-9,12-13,15-16H,5,7,10-11,14H2,1-4H3;8,11-12,14-15H,5-7,9-10,13H2,1-4H3. The van der Waals surface area contributed by atoms with Crippen LogP contribution in [0.2, 0.25) is 0 Å². The first kappa shape index (κ1) is 34.7. The summed E-state index contributed by atoms with van der Waals surface area (Å²) in [6, 6.07) is 12.1. The summed E-state index contributed by atoms with van der Waals surface area (Å²) >= 11 is 0. The second-order valence-corrected chi connectivity index (χ2v) is 12.3. The molecule has 0 spiro atoms. The lowest BCUT2D eigenvalue weighted by molar-refractivity contribution is 0.260. The van der Waals surface area contributed by atoms with Crippen LogP contribution >= 0.6 is 0 Å². The van der Waals surface area contributed by atoms with Crippen LogP contribution in [0.15, 0.2) is 48.6 Å². The van der Waals surface area contributed by atoms with Gasteiger partial charge in [-0.3, -0.25) is 0 Å². The van der Waals surface area contributed by atoms with Gasteiger partial charge in [-0.15, -0.1) is 0 Å². The SMILES string of the molecule is CC(C)CCCC=CCc1cccc(OCC(C)C)n1.CC(C)CCCCCc1cccc(OCC(C)C)n1. The first-order valence-corrected chi connectivity index (χ1v) is 15.5. The molecule has 0 fully saturated rings. The van der Waals surface area contributed by atoms with Gasteiger partial charge in [0.2, 0.25) is 11.8 Å². The zero-order valence-electron chi connectivity index (χ0n) is 26.4. The van der Waals surface area contributed by atoms with E-state index in [2.05, 4.69) is 89.6 Å². The molecular weight excluding hydrogens is 480 g/mol. The van der Waals surface area contributed by atoms with Crippen molar-refractivity contribution in [1.29, 1.82) is 0 Å². The summed E-state index contributed by atoms with van der Waals surface area (Å²) in [4.78, 5) is 9.07. The Kier molecular flexibility index (Phi) is 19.1. The summed E-state index contributed by atoms with van der Waals surface area (Å²) in [5, 5.41) is 0. The zero-order chi connectivity index (χ0) is 28.9. The first-order chi connectivity index (χ1) is 18.7. The van der Waals surface area contributed by atoms with Crippen LogP contribution < -0.4 is 9.47 Å². The molecule has 0 radical (unpaired) electrons. The lowest BCUT2D eigenvalue weighted by atomic mass is 10.0. The highest BCUT2D eigenvalue weighted by Crippen LogP contribution is 2.14. The summed E-state index contributed by atoms with van der Waals surface area (Å²) < 4.78 is 11.3. The molecule has 2 aromatic heterocycles. The number of pyridine rings is 2. The van der Waals surface area contributed by atoms with E-state index in [1.807, 2.05) is 24.3 Å². The van der Waals surface area contributed by atoms with Gasteiger partial charge in [0.1, 0.15) is 0 Å². The third kappa shape index (κ3) is 20.2. The van der Waals surface area contributed by atoms with Crippen molar-refractivity contribution in [2.75, 3.05) is 13.2 Å². The second-order valence-electron chi connectivity index (χ2n) is 12.3. The number of hydrogen-bond acceptors (Lipinski definition) is 4. The van der Waals surface area contributed by atoms with Gasteiger partial charge in [0.25, 0.3) is 0 Å². The molecule has 0 saturated heterocycles. The third-order valence-electron chi connectivity index (χ3n) is 6.05. The predicted molar refractivity (Wildman–Crippen MR) is 168 cm³/mol. The topological polar surface area (TPSA) is 44.2 Å². The number of hydrogen-bond donors (Lipinski definition) is 0. The molecule has 0 aromatic carbocycles. The maximum Gasteiger partial charge on any atom is 0.213 e. The summed E-state index contributed by atoms with van der Waals surface area (Å²) in [7, 11) is 0. The number of aryl methyl sites for hydroxylation is 1. The molecule has 2 rings (SSSR count). The minimum absolute atomic E-state index is 0.529. The normalized spacial score (nSPS) is 11.5. The van der Waals surface area contributed by atoms with Gasteiger partial charge in [0, 0.05) is 29.9 Å². The van der Waals surface area contributed by atoms with E-state index in [-0.39, 0.29) is 0 Å². The lowest BCUT2D eigenvalue weighted by Gasteiger charge is -2.09. The first-order valence-electron chi connectivity index (χ1n) is 15.5. The van der Waals surface area contributed by atoms with Crippen molar-refractivity contribution in [3.63, 3.8) is 0 Å². The van der Waals surface area contributed by atoms with Crippen LogP contribution in [0.1, 0.15) is 112 Å². The van der Waals surface area contributed by atoms with Gasteiger partial charge in [-0.25, -0.2) is 9.97 Å². The Balaban J connectivity index is 0.000000391. The molecule has 0 aliphatic rings. The summed E-state index contributed by atoms with van der Waals surface area (Å²) in [6.07, 6.45) is 15.4. The second kappa shape index (κ2) is 21.5. The Labute approximate surface area is 241 Å². The molecule has 2 aromatic rings. The summed E-state index contributed by atoms with van der Waals surface area (Å²) in [6.45, 7) is 19.2. The molecule has 4 nitrogen and oxygen atoms in total. The minimum atomic E-state index is 0.529. The minimum Gasteiger partial charge on any atom is -0.477 e. The van der Waals surface area contributed by atoms with Crippen LogP contribution in [0, 0.1) is 23.7 Å². The molecule has 0 aliphatic carbocycles. The number of allylic oxidation sites excluding steroid dienone is 2. The van der Waals surface area contributed by atoms with Gasteiger partial charge in [0.05, 0.1) is 13.2 Å².